The van der Waals surface area contributed by atoms with Gasteiger partial charge >= 0.3 is 11.6 Å². The summed E-state index contributed by atoms with van der Waals surface area (Å²) >= 11 is 6.14. The smallest absolute Gasteiger partial charge is 0.374 e. The molecule has 1 aliphatic rings. The second-order valence-electron chi connectivity index (χ2n) is 6.78. The molecule has 0 amide bonds. The van der Waals surface area contributed by atoms with Crippen LogP contribution in [0.3, 0.4) is 0 Å². The fourth-order valence-electron chi connectivity index (χ4n) is 2.74. The Labute approximate surface area is 170 Å². The van der Waals surface area contributed by atoms with E-state index in [4.69, 9.17) is 25.2 Å². The molecule has 1 fully saturated rings. The molecule has 29 heavy (non-hydrogen) atoms. The molecule has 152 valence electrons. The van der Waals surface area contributed by atoms with Crippen molar-refractivity contribution < 1.29 is 26.8 Å². The predicted octanol–water partition coefficient (Wildman–Crippen LogP) is 3.15. The molecule has 0 radical (unpaired) electrons. The predicted molar refractivity (Wildman–Crippen MR) is 103 cm³/mol. The summed E-state index contributed by atoms with van der Waals surface area (Å²) in [6.45, 7) is 1.53. The van der Waals surface area contributed by atoms with E-state index in [0.29, 0.717) is 21.6 Å². The Morgan fingerprint density at radius 2 is 2.00 bits per heavy atom. The van der Waals surface area contributed by atoms with Gasteiger partial charge < -0.3 is 13.6 Å². The van der Waals surface area contributed by atoms with Crippen molar-refractivity contribution in [2.75, 3.05) is 0 Å². The van der Waals surface area contributed by atoms with Crippen molar-refractivity contribution in [1.29, 1.82) is 0 Å². The number of aryl methyl sites for hydroxylation is 1. The number of carbonyl (C=O) groups excluding carboxylic acids is 1. The van der Waals surface area contributed by atoms with Crippen molar-refractivity contribution in [1.82, 2.24) is 4.72 Å². The number of esters is 1. The molecule has 2 heterocycles. The molecule has 0 spiro atoms. The van der Waals surface area contributed by atoms with E-state index >= 15 is 0 Å². The second kappa shape index (κ2) is 7.33. The first-order valence-electron chi connectivity index (χ1n) is 8.75. The summed E-state index contributed by atoms with van der Waals surface area (Å²) in [5.74, 6) is -1.13. The average Bonchev–Trinajstić information content (AvgIpc) is 3.30. The van der Waals surface area contributed by atoms with Gasteiger partial charge in [0.1, 0.15) is 12.2 Å². The number of nitrogens with one attached hydrogen (secondary N) is 1. The normalized spacial score (nSPS) is 14.3. The zero-order valence-electron chi connectivity index (χ0n) is 15.2. The fraction of sp³-hybridized carbons (Fsp3) is 0.263. The Kier molecular flexibility index (Phi) is 4.97. The lowest BCUT2D eigenvalue weighted by Crippen LogP contribution is -2.25. The molecule has 0 unspecified atom stereocenters. The Morgan fingerprint density at radius 3 is 2.72 bits per heavy atom. The quantitative estimate of drug-likeness (QED) is 0.465. The van der Waals surface area contributed by atoms with E-state index in [1.54, 1.807) is 19.1 Å². The number of halogens is 1. The van der Waals surface area contributed by atoms with Gasteiger partial charge in [0.2, 0.25) is 10.9 Å². The molecule has 0 bridgehead atoms. The molecule has 10 heteroatoms. The standard InChI is InChI=1S/C19H16ClNO7S/c1-10-6-16-13(8-14(10)20)11(7-17(22)27-16)9-26-19(23)15-4-5-18(28-15)29(24,25)21-12-2-3-12/h4-8,12,21H,2-3,9H2,1H3. The van der Waals surface area contributed by atoms with Crippen molar-refractivity contribution >= 4 is 38.6 Å². The number of benzene rings is 1. The van der Waals surface area contributed by atoms with Crippen molar-refractivity contribution in [2.45, 2.75) is 37.5 Å². The third-order valence-corrected chi connectivity index (χ3v) is 6.21. The van der Waals surface area contributed by atoms with Crippen molar-refractivity contribution in [2.24, 2.45) is 0 Å². The van der Waals surface area contributed by atoms with Crippen LogP contribution in [-0.4, -0.2) is 20.4 Å². The number of sulfonamides is 1. The minimum absolute atomic E-state index is 0.0889. The highest BCUT2D eigenvalue weighted by Crippen LogP contribution is 2.26. The molecule has 3 aromatic rings. The van der Waals surface area contributed by atoms with Crippen LogP contribution in [-0.2, 0) is 21.4 Å². The van der Waals surface area contributed by atoms with Crippen LogP contribution in [0.1, 0.15) is 34.5 Å². The summed E-state index contributed by atoms with van der Waals surface area (Å²) in [5, 5.41) is 0.650. The van der Waals surface area contributed by atoms with Gasteiger partial charge in [-0.25, -0.2) is 22.7 Å². The summed E-state index contributed by atoms with van der Waals surface area (Å²) < 4.78 is 42.2. The molecule has 2 aromatic heterocycles. The van der Waals surface area contributed by atoms with Gasteiger partial charge in [0, 0.05) is 28.1 Å². The molecule has 0 atom stereocenters. The number of hydrogen-bond donors (Lipinski definition) is 1. The van der Waals surface area contributed by atoms with Gasteiger partial charge in [0.15, 0.2) is 0 Å². The summed E-state index contributed by atoms with van der Waals surface area (Å²) in [4.78, 5) is 24.1. The molecule has 1 aliphatic carbocycles. The Bertz CT molecular complexity index is 1270. The highest BCUT2D eigenvalue weighted by atomic mass is 35.5. The summed E-state index contributed by atoms with van der Waals surface area (Å²) in [6, 6.07) is 6.78. The highest BCUT2D eigenvalue weighted by Gasteiger charge is 2.30. The van der Waals surface area contributed by atoms with Crippen LogP contribution in [0.15, 0.2) is 49.1 Å². The van der Waals surface area contributed by atoms with Crippen LogP contribution in [0.25, 0.3) is 11.0 Å². The molecule has 0 saturated heterocycles. The second-order valence-corrected chi connectivity index (χ2v) is 8.83. The number of furan rings is 1. The van der Waals surface area contributed by atoms with Crippen LogP contribution in [0.4, 0.5) is 0 Å². The summed E-state index contributed by atoms with van der Waals surface area (Å²) in [5.41, 5.74) is 0.868. The lowest BCUT2D eigenvalue weighted by molar-refractivity contribution is 0.0431. The van der Waals surface area contributed by atoms with E-state index < -0.39 is 21.6 Å². The van der Waals surface area contributed by atoms with Crippen LogP contribution in [0.2, 0.25) is 5.02 Å². The first kappa shape index (κ1) is 19.7. The monoisotopic (exact) mass is 437 g/mol. The maximum Gasteiger partial charge on any atom is 0.374 e. The minimum Gasteiger partial charge on any atom is -0.455 e. The Morgan fingerprint density at radius 1 is 1.24 bits per heavy atom. The lowest BCUT2D eigenvalue weighted by atomic mass is 10.1. The van der Waals surface area contributed by atoms with Crippen molar-refractivity contribution in [3.8, 4) is 0 Å². The van der Waals surface area contributed by atoms with Crippen molar-refractivity contribution in [3.05, 3.63) is 62.7 Å². The largest absolute Gasteiger partial charge is 0.455 e. The van der Waals surface area contributed by atoms with E-state index in [0.717, 1.165) is 18.4 Å². The van der Waals surface area contributed by atoms with Gasteiger partial charge in [-0.15, -0.1) is 0 Å². The van der Waals surface area contributed by atoms with Gasteiger partial charge in [-0.2, -0.15) is 0 Å². The van der Waals surface area contributed by atoms with E-state index in [1.807, 2.05) is 0 Å². The van der Waals surface area contributed by atoms with Crippen LogP contribution in [0, 0.1) is 6.92 Å². The molecule has 1 aromatic carbocycles. The zero-order valence-corrected chi connectivity index (χ0v) is 16.8. The molecule has 0 aliphatic heterocycles. The third-order valence-electron chi connectivity index (χ3n) is 4.41. The highest BCUT2D eigenvalue weighted by molar-refractivity contribution is 7.89. The maximum atomic E-state index is 12.3. The van der Waals surface area contributed by atoms with E-state index in [-0.39, 0.29) is 23.5 Å². The molecule has 1 saturated carbocycles. The maximum absolute atomic E-state index is 12.3. The number of carbonyl (C=O) groups is 1. The first-order chi connectivity index (χ1) is 13.7. The summed E-state index contributed by atoms with van der Waals surface area (Å²) in [7, 11) is -3.81. The zero-order chi connectivity index (χ0) is 20.8. The topological polar surface area (TPSA) is 116 Å². The Hall–Kier alpha value is -2.62. The van der Waals surface area contributed by atoms with E-state index in [1.165, 1.54) is 18.2 Å². The minimum atomic E-state index is -3.81. The summed E-state index contributed by atoms with van der Waals surface area (Å²) in [6.07, 6.45) is 1.55. The van der Waals surface area contributed by atoms with Gasteiger partial charge in [0.05, 0.1) is 0 Å². The number of ether oxygens (including phenoxy) is 1. The first-order valence-corrected chi connectivity index (χ1v) is 10.6. The van der Waals surface area contributed by atoms with Gasteiger partial charge in [-0.1, -0.05) is 11.6 Å². The number of fused-ring (bicyclic) bond motifs is 1. The molecule has 4 rings (SSSR count). The van der Waals surface area contributed by atoms with E-state index in [2.05, 4.69) is 4.72 Å². The van der Waals surface area contributed by atoms with Gasteiger partial charge in [-0.05, 0) is 49.6 Å². The molecular weight excluding hydrogens is 422 g/mol. The van der Waals surface area contributed by atoms with E-state index in [9.17, 15) is 18.0 Å². The van der Waals surface area contributed by atoms with Crippen LogP contribution >= 0.6 is 11.6 Å². The fourth-order valence-corrected chi connectivity index (χ4v) is 4.14. The number of rotatable bonds is 6. The van der Waals surface area contributed by atoms with Crippen molar-refractivity contribution in [3.63, 3.8) is 0 Å². The van der Waals surface area contributed by atoms with Gasteiger partial charge in [-0.3, -0.25) is 0 Å². The van der Waals surface area contributed by atoms with Crippen LogP contribution in [0.5, 0.6) is 0 Å². The average molecular weight is 438 g/mol. The molecule has 1 N–H and O–H groups in total. The molecule has 8 nitrogen and oxygen atoms in total. The molecular formula is C19H16ClNO7S. The number of hydrogen-bond acceptors (Lipinski definition) is 7. The SMILES string of the molecule is Cc1cc2oc(=O)cc(COC(=O)c3ccc(S(=O)(=O)NC4CC4)o3)c2cc1Cl. The lowest BCUT2D eigenvalue weighted by Gasteiger charge is -2.08. The third kappa shape index (κ3) is 4.21. The Balaban J connectivity index is 1.53. The van der Waals surface area contributed by atoms with Crippen LogP contribution < -0.4 is 10.3 Å². The van der Waals surface area contributed by atoms with Gasteiger partial charge in [0.25, 0.3) is 10.0 Å².